The second-order valence-electron chi connectivity index (χ2n) is 8.44. The number of carbonyl (C=O) groups excluding carboxylic acids is 1. The van der Waals surface area contributed by atoms with Crippen LogP contribution in [0.5, 0.6) is 0 Å². The molecule has 1 amide bonds. The number of pyridine rings is 1. The van der Waals surface area contributed by atoms with E-state index in [0.29, 0.717) is 0 Å². The first kappa shape index (κ1) is 23.9. The summed E-state index contributed by atoms with van der Waals surface area (Å²) in [6, 6.07) is 21.8. The van der Waals surface area contributed by atoms with Gasteiger partial charge in [-0.3, -0.25) is 9.78 Å². The zero-order valence-electron chi connectivity index (χ0n) is 18.6. The molecule has 1 aliphatic carbocycles. The number of rotatable bonds is 7. The third-order valence-corrected chi connectivity index (χ3v) is 7.27. The lowest BCUT2D eigenvalue weighted by molar-refractivity contribution is -0.133. The average Bonchev–Trinajstić information content (AvgIpc) is 2.86. The summed E-state index contributed by atoms with van der Waals surface area (Å²) in [4.78, 5) is 17.9. The number of nitrogens with zero attached hydrogens (tertiary/aromatic N) is 2. The van der Waals surface area contributed by atoms with Gasteiger partial charge in [0.15, 0.2) is 0 Å². The van der Waals surface area contributed by atoms with Crippen molar-refractivity contribution >= 4 is 17.7 Å². The van der Waals surface area contributed by atoms with Gasteiger partial charge in [-0.25, -0.2) is 8.78 Å². The minimum atomic E-state index is -2.88. The Labute approximate surface area is 202 Å². The van der Waals surface area contributed by atoms with Crippen LogP contribution in [0.1, 0.15) is 36.3 Å². The lowest BCUT2D eigenvalue weighted by atomic mass is 9.72. The average molecular weight is 478 g/mol. The highest BCUT2D eigenvalue weighted by atomic mass is 32.2. The second kappa shape index (κ2) is 10.8. The maximum atomic E-state index is 14.2. The van der Waals surface area contributed by atoms with Crippen molar-refractivity contribution in [3.8, 4) is 17.2 Å². The molecule has 1 heterocycles. The summed E-state index contributed by atoms with van der Waals surface area (Å²) < 4.78 is 28.5. The predicted molar refractivity (Wildman–Crippen MR) is 129 cm³/mol. The number of carbonyl (C=O) groups is 1. The van der Waals surface area contributed by atoms with Gasteiger partial charge in [0.05, 0.1) is 12.0 Å². The molecule has 3 aromatic rings. The molecular weight excluding hydrogens is 452 g/mol. The highest BCUT2D eigenvalue weighted by molar-refractivity contribution is 7.98. The van der Waals surface area contributed by atoms with Crippen molar-refractivity contribution in [3.63, 3.8) is 0 Å². The molecule has 4 rings (SSSR count). The van der Waals surface area contributed by atoms with E-state index >= 15 is 0 Å². The van der Waals surface area contributed by atoms with Crippen LogP contribution in [0.15, 0.2) is 78.0 Å². The van der Waals surface area contributed by atoms with E-state index < -0.39 is 24.2 Å². The molecule has 1 fully saturated rings. The van der Waals surface area contributed by atoms with Gasteiger partial charge in [-0.05, 0) is 58.9 Å². The van der Waals surface area contributed by atoms with Gasteiger partial charge < -0.3 is 5.32 Å². The second-order valence-corrected chi connectivity index (χ2v) is 9.49. The van der Waals surface area contributed by atoms with Crippen LogP contribution >= 0.6 is 11.8 Å². The third kappa shape index (κ3) is 5.81. The van der Waals surface area contributed by atoms with Crippen LogP contribution in [0.3, 0.4) is 0 Å². The van der Waals surface area contributed by atoms with E-state index in [9.17, 15) is 13.6 Å². The van der Waals surface area contributed by atoms with Gasteiger partial charge in [0.25, 0.3) is 0 Å². The van der Waals surface area contributed by atoms with Crippen LogP contribution in [0.2, 0.25) is 0 Å². The fourth-order valence-electron chi connectivity index (χ4n) is 4.50. The standard InChI is InChI=1S/C27H25F2N3OS/c28-27(29)12-9-24(25(17-27)26(33)32-16-13-30)23-4-2-1-3-22(23)20-5-7-21(8-6-20)34-18-19-10-14-31-15-11-19/h1-8,10-11,14-15,24-25H,9,12,16-18H2,(H,32,33). The zero-order chi connectivity index (χ0) is 24.0. The number of halogens is 2. The van der Waals surface area contributed by atoms with Crippen LogP contribution < -0.4 is 5.32 Å². The lowest BCUT2D eigenvalue weighted by Gasteiger charge is -2.36. The molecular formula is C27H25F2N3OS. The summed E-state index contributed by atoms with van der Waals surface area (Å²) in [5.74, 6) is -3.74. The van der Waals surface area contributed by atoms with Gasteiger partial charge in [-0.15, -0.1) is 11.8 Å². The largest absolute Gasteiger partial charge is 0.343 e. The fraction of sp³-hybridized carbons (Fsp3) is 0.296. The maximum Gasteiger partial charge on any atom is 0.249 e. The fourth-order valence-corrected chi connectivity index (χ4v) is 5.35. The van der Waals surface area contributed by atoms with Crippen LogP contribution in [-0.4, -0.2) is 23.4 Å². The molecule has 0 spiro atoms. The summed E-state index contributed by atoms with van der Waals surface area (Å²) >= 11 is 1.73. The molecule has 0 saturated heterocycles. The molecule has 1 aliphatic rings. The van der Waals surface area contributed by atoms with E-state index in [2.05, 4.69) is 22.4 Å². The molecule has 34 heavy (non-hydrogen) atoms. The van der Waals surface area contributed by atoms with Gasteiger partial charge in [0.2, 0.25) is 11.8 Å². The molecule has 1 saturated carbocycles. The predicted octanol–water partition coefficient (Wildman–Crippen LogP) is 6.20. The molecule has 0 radical (unpaired) electrons. The zero-order valence-corrected chi connectivity index (χ0v) is 19.4. The number of thioether (sulfide) groups is 1. The Balaban J connectivity index is 1.57. The summed E-state index contributed by atoms with van der Waals surface area (Å²) in [6.45, 7) is -0.187. The number of nitriles is 1. The molecule has 7 heteroatoms. The Morgan fingerprint density at radius 2 is 1.85 bits per heavy atom. The van der Waals surface area contributed by atoms with Crippen molar-refractivity contribution in [3.05, 3.63) is 84.2 Å². The summed E-state index contributed by atoms with van der Waals surface area (Å²) in [5, 5.41) is 11.3. The third-order valence-electron chi connectivity index (χ3n) is 6.18. The monoisotopic (exact) mass is 477 g/mol. The minimum absolute atomic E-state index is 0.187. The number of hydrogen-bond acceptors (Lipinski definition) is 4. The van der Waals surface area contributed by atoms with E-state index in [1.165, 1.54) is 5.56 Å². The van der Waals surface area contributed by atoms with Gasteiger partial charge in [-0.2, -0.15) is 5.26 Å². The smallest absolute Gasteiger partial charge is 0.249 e. The quantitative estimate of drug-likeness (QED) is 0.325. The Kier molecular flexibility index (Phi) is 7.59. The number of hydrogen-bond donors (Lipinski definition) is 1. The first-order valence-corrected chi connectivity index (χ1v) is 12.2. The van der Waals surface area contributed by atoms with Crippen LogP contribution in [-0.2, 0) is 10.5 Å². The number of alkyl halides is 2. The normalized spacial score (nSPS) is 19.2. The molecule has 2 atom stereocenters. The summed E-state index contributed by atoms with van der Waals surface area (Å²) in [5.41, 5.74) is 4.02. The topological polar surface area (TPSA) is 65.8 Å². The number of nitrogens with one attached hydrogen (secondary N) is 1. The maximum absolute atomic E-state index is 14.2. The Morgan fingerprint density at radius 3 is 2.59 bits per heavy atom. The highest BCUT2D eigenvalue weighted by Crippen LogP contribution is 2.47. The number of benzene rings is 2. The summed E-state index contributed by atoms with van der Waals surface area (Å²) in [6.07, 6.45) is 3.02. The van der Waals surface area contributed by atoms with E-state index in [1.54, 1.807) is 24.2 Å². The van der Waals surface area contributed by atoms with Gasteiger partial charge >= 0.3 is 0 Å². The van der Waals surface area contributed by atoms with Crippen molar-refractivity contribution in [1.82, 2.24) is 10.3 Å². The van der Waals surface area contributed by atoms with Crippen LogP contribution in [0, 0.1) is 17.2 Å². The van der Waals surface area contributed by atoms with E-state index in [0.717, 1.165) is 27.3 Å². The first-order valence-electron chi connectivity index (χ1n) is 11.2. The van der Waals surface area contributed by atoms with Gasteiger partial charge in [0.1, 0.15) is 6.54 Å². The first-order chi connectivity index (χ1) is 16.5. The Morgan fingerprint density at radius 1 is 1.12 bits per heavy atom. The molecule has 174 valence electrons. The SMILES string of the molecule is N#CCNC(=O)C1CC(F)(F)CCC1c1ccccc1-c1ccc(SCc2ccncc2)cc1. The van der Waals surface area contributed by atoms with Gasteiger partial charge in [-0.1, -0.05) is 36.4 Å². The van der Waals surface area contributed by atoms with Crippen LogP contribution in [0.4, 0.5) is 8.78 Å². The Hall–Kier alpha value is -3.24. The minimum Gasteiger partial charge on any atom is -0.343 e. The molecule has 2 unspecified atom stereocenters. The van der Waals surface area contributed by atoms with Crippen molar-refractivity contribution < 1.29 is 13.6 Å². The molecule has 1 aromatic heterocycles. The van der Waals surface area contributed by atoms with Crippen molar-refractivity contribution in [2.75, 3.05) is 6.54 Å². The molecule has 0 bridgehead atoms. The van der Waals surface area contributed by atoms with Crippen molar-refractivity contribution in [2.45, 2.75) is 41.8 Å². The summed E-state index contributed by atoms with van der Waals surface area (Å²) in [7, 11) is 0. The van der Waals surface area contributed by atoms with E-state index in [-0.39, 0.29) is 25.3 Å². The van der Waals surface area contributed by atoms with Crippen LogP contribution in [0.25, 0.3) is 11.1 Å². The lowest BCUT2D eigenvalue weighted by Crippen LogP contribution is -2.41. The number of amides is 1. The molecule has 4 nitrogen and oxygen atoms in total. The van der Waals surface area contributed by atoms with Crippen molar-refractivity contribution in [2.24, 2.45) is 5.92 Å². The van der Waals surface area contributed by atoms with Crippen molar-refractivity contribution in [1.29, 1.82) is 5.26 Å². The molecule has 2 aromatic carbocycles. The molecule has 0 aliphatic heterocycles. The van der Waals surface area contributed by atoms with E-state index in [4.69, 9.17) is 5.26 Å². The van der Waals surface area contributed by atoms with Gasteiger partial charge in [0, 0.05) is 35.9 Å². The molecule has 1 N–H and O–H groups in total. The van der Waals surface area contributed by atoms with E-state index in [1.807, 2.05) is 54.6 Å². The Bertz CT molecular complexity index is 1160. The number of aromatic nitrogens is 1. The highest BCUT2D eigenvalue weighted by Gasteiger charge is 2.45.